The molecule has 4 rings (SSSR count). The van der Waals surface area contributed by atoms with Crippen LogP contribution in [-0.4, -0.2) is 38.5 Å². The standard InChI is InChI=1S/C19H21N7/c1-25-11-14(10-24-25)13-4-5-16(20)15(8-13)19(21)17-9-18(23-12-22-17)26-6-2-3-7-26/h4-5,8-12,21H,2-3,6-7,20H2,1H3. The molecule has 1 aromatic carbocycles. The molecule has 1 saturated heterocycles. The molecule has 1 aliphatic rings. The molecule has 0 amide bonds. The monoisotopic (exact) mass is 347 g/mol. The van der Waals surface area contributed by atoms with Gasteiger partial charge in [0.1, 0.15) is 12.1 Å². The molecule has 7 heteroatoms. The number of rotatable bonds is 4. The van der Waals surface area contributed by atoms with Gasteiger partial charge in [-0.3, -0.25) is 10.1 Å². The molecule has 3 N–H and O–H groups in total. The van der Waals surface area contributed by atoms with Crippen LogP contribution >= 0.6 is 0 Å². The third kappa shape index (κ3) is 3.03. The smallest absolute Gasteiger partial charge is 0.132 e. The van der Waals surface area contributed by atoms with Crippen LogP contribution in [0.3, 0.4) is 0 Å². The van der Waals surface area contributed by atoms with Crippen molar-refractivity contribution in [1.82, 2.24) is 19.7 Å². The van der Waals surface area contributed by atoms with Crippen LogP contribution in [0.25, 0.3) is 11.1 Å². The molecule has 0 radical (unpaired) electrons. The van der Waals surface area contributed by atoms with Gasteiger partial charge in [-0.25, -0.2) is 9.97 Å². The quantitative estimate of drug-likeness (QED) is 0.558. The number of aromatic nitrogens is 4. The maximum Gasteiger partial charge on any atom is 0.132 e. The Labute approximate surface area is 152 Å². The second kappa shape index (κ2) is 6.59. The fourth-order valence-corrected chi connectivity index (χ4v) is 3.26. The minimum atomic E-state index is 0.302. The molecule has 3 heterocycles. The van der Waals surface area contributed by atoms with Crippen LogP contribution in [0.2, 0.25) is 0 Å². The van der Waals surface area contributed by atoms with Gasteiger partial charge >= 0.3 is 0 Å². The van der Waals surface area contributed by atoms with E-state index in [1.54, 1.807) is 10.9 Å². The number of nitrogen functional groups attached to an aromatic ring is 1. The Bertz CT molecular complexity index is 954. The number of anilines is 2. The Kier molecular flexibility index (Phi) is 4.12. The first-order chi connectivity index (χ1) is 12.6. The normalized spacial score (nSPS) is 14.0. The van der Waals surface area contributed by atoms with Gasteiger partial charge in [0.05, 0.1) is 17.6 Å². The summed E-state index contributed by atoms with van der Waals surface area (Å²) in [6.45, 7) is 2.00. The average molecular weight is 347 g/mol. The number of nitrogens with two attached hydrogens (primary N) is 1. The molecule has 2 aromatic heterocycles. The summed E-state index contributed by atoms with van der Waals surface area (Å²) < 4.78 is 1.75. The highest BCUT2D eigenvalue weighted by atomic mass is 15.2. The topological polar surface area (TPSA) is 96.7 Å². The highest BCUT2D eigenvalue weighted by Gasteiger charge is 2.17. The summed E-state index contributed by atoms with van der Waals surface area (Å²) in [5.41, 5.74) is 10.2. The van der Waals surface area contributed by atoms with Crippen molar-refractivity contribution in [2.24, 2.45) is 7.05 Å². The highest BCUT2D eigenvalue weighted by molar-refractivity contribution is 6.13. The van der Waals surface area contributed by atoms with Crippen LogP contribution in [0.15, 0.2) is 43.0 Å². The third-order valence-electron chi connectivity index (χ3n) is 4.70. The molecular formula is C19H21N7. The SMILES string of the molecule is Cn1cc(-c2ccc(N)c(C(=N)c3cc(N4CCCC4)ncn3)c2)cn1. The average Bonchev–Trinajstić information content (AvgIpc) is 3.33. The summed E-state index contributed by atoms with van der Waals surface area (Å²) in [6, 6.07) is 7.57. The van der Waals surface area contributed by atoms with E-state index in [4.69, 9.17) is 11.1 Å². The molecule has 7 nitrogen and oxygen atoms in total. The van der Waals surface area contributed by atoms with Gasteiger partial charge < -0.3 is 10.6 Å². The van der Waals surface area contributed by atoms with Gasteiger partial charge in [-0.15, -0.1) is 0 Å². The molecule has 1 fully saturated rings. The first-order valence-electron chi connectivity index (χ1n) is 8.66. The summed E-state index contributed by atoms with van der Waals surface area (Å²) in [5.74, 6) is 0.874. The summed E-state index contributed by atoms with van der Waals surface area (Å²) in [6.07, 6.45) is 7.62. The zero-order valence-corrected chi connectivity index (χ0v) is 14.7. The minimum Gasteiger partial charge on any atom is -0.398 e. The number of hydrogen-bond donors (Lipinski definition) is 2. The number of nitrogens with one attached hydrogen (secondary N) is 1. The lowest BCUT2D eigenvalue weighted by Gasteiger charge is -2.17. The predicted octanol–water partition coefficient (Wildman–Crippen LogP) is 2.48. The Morgan fingerprint density at radius 2 is 1.92 bits per heavy atom. The first kappa shape index (κ1) is 16.3. The molecule has 0 bridgehead atoms. The molecule has 132 valence electrons. The zero-order chi connectivity index (χ0) is 18.1. The maximum absolute atomic E-state index is 8.63. The molecule has 3 aromatic rings. The van der Waals surface area contributed by atoms with E-state index < -0.39 is 0 Å². The molecule has 0 aliphatic carbocycles. The van der Waals surface area contributed by atoms with Crippen molar-refractivity contribution in [3.63, 3.8) is 0 Å². The van der Waals surface area contributed by atoms with E-state index in [1.807, 2.05) is 37.5 Å². The van der Waals surface area contributed by atoms with E-state index in [1.165, 1.54) is 19.2 Å². The van der Waals surface area contributed by atoms with Crippen molar-refractivity contribution in [3.05, 3.63) is 54.2 Å². The highest BCUT2D eigenvalue weighted by Crippen LogP contribution is 2.26. The molecular weight excluding hydrogens is 326 g/mol. The van der Waals surface area contributed by atoms with Crippen molar-refractivity contribution >= 4 is 17.2 Å². The summed E-state index contributed by atoms with van der Waals surface area (Å²) in [5, 5.41) is 12.8. The fraction of sp³-hybridized carbons (Fsp3) is 0.263. The Morgan fingerprint density at radius 1 is 1.12 bits per heavy atom. The van der Waals surface area contributed by atoms with E-state index in [0.717, 1.165) is 30.0 Å². The Morgan fingerprint density at radius 3 is 2.65 bits per heavy atom. The van der Waals surface area contributed by atoms with Gasteiger partial charge in [-0.05, 0) is 30.5 Å². The largest absolute Gasteiger partial charge is 0.398 e. The number of hydrogen-bond acceptors (Lipinski definition) is 6. The third-order valence-corrected chi connectivity index (χ3v) is 4.70. The fourth-order valence-electron chi connectivity index (χ4n) is 3.26. The van der Waals surface area contributed by atoms with Crippen LogP contribution in [0.4, 0.5) is 11.5 Å². The van der Waals surface area contributed by atoms with Crippen molar-refractivity contribution < 1.29 is 0 Å². The maximum atomic E-state index is 8.63. The molecule has 26 heavy (non-hydrogen) atoms. The van der Waals surface area contributed by atoms with Gasteiger partial charge in [0.15, 0.2) is 0 Å². The van der Waals surface area contributed by atoms with Crippen molar-refractivity contribution in [2.45, 2.75) is 12.8 Å². The second-order valence-electron chi connectivity index (χ2n) is 6.54. The van der Waals surface area contributed by atoms with E-state index in [0.29, 0.717) is 22.7 Å². The molecule has 1 aliphatic heterocycles. The lowest BCUT2D eigenvalue weighted by atomic mass is 9.99. The van der Waals surface area contributed by atoms with Crippen molar-refractivity contribution in [3.8, 4) is 11.1 Å². The lowest BCUT2D eigenvalue weighted by molar-refractivity contribution is 0.768. The lowest BCUT2D eigenvalue weighted by Crippen LogP contribution is -2.20. The van der Waals surface area contributed by atoms with E-state index in [2.05, 4.69) is 20.0 Å². The Hall–Kier alpha value is -3.22. The van der Waals surface area contributed by atoms with Gasteiger partial charge in [0.25, 0.3) is 0 Å². The minimum absolute atomic E-state index is 0.302. The van der Waals surface area contributed by atoms with Crippen LogP contribution in [0, 0.1) is 5.41 Å². The zero-order valence-electron chi connectivity index (χ0n) is 14.7. The van der Waals surface area contributed by atoms with Crippen molar-refractivity contribution in [1.29, 1.82) is 5.41 Å². The van der Waals surface area contributed by atoms with E-state index >= 15 is 0 Å². The summed E-state index contributed by atoms with van der Waals surface area (Å²) in [7, 11) is 1.88. The van der Waals surface area contributed by atoms with Gasteiger partial charge in [-0.1, -0.05) is 6.07 Å². The van der Waals surface area contributed by atoms with Crippen LogP contribution in [-0.2, 0) is 7.05 Å². The number of nitrogens with zero attached hydrogens (tertiary/aromatic N) is 5. The summed E-state index contributed by atoms with van der Waals surface area (Å²) in [4.78, 5) is 10.9. The predicted molar refractivity (Wildman–Crippen MR) is 102 cm³/mol. The van der Waals surface area contributed by atoms with Crippen LogP contribution < -0.4 is 10.6 Å². The summed E-state index contributed by atoms with van der Waals surface area (Å²) >= 11 is 0. The van der Waals surface area contributed by atoms with Gasteiger partial charge in [-0.2, -0.15) is 5.10 Å². The molecule has 0 saturated carbocycles. The van der Waals surface area contributed by atoms with Crippen LogP contribution in [0.5, 0.6) is 0 Å². The number of aryl methyl sites for hydroxylation is 1. The number of benzene rings is 1. The molecule has 0 atom stereocenters. The van der Waals surface area contributed by atoms with E-state index in [-0.39, 0.29) is 0 Å². The van der Waals surface area contributed by atoms with Crippen LogP contribution in [0.1, 0.15) is 24.1 Å². The second-order valence-corrected chi connectivity index (χ2v) is 6.54. The Balaban J connectivity index is 1.68. The first-order valence-corrected chi connectivity index (χ1v) is 8.66. The molecule has 0 unspecified atom stereocenters. The van der Waals surface area contributed by atoms with Crippen molar-refractivity contribution in [2.75, 3.05) is 23.7 Å². The molecule has 0 spiro atoms. The van der Waals surface area contributed by atoms with Gasteiger partial charge in [0.2, 0.25) is 0 Å². The van der Waals surface area contributed by atoms with Gasteiger partial charge in [0, 0.05) is 49.2 Å². The van der Waals surface area contributed by atoms with E-state index in [9.17, 15) is 0 Å².